The van der Waals surface area contributed by atoms with Crippen molar-refractivity contribution in [3.8, 4) is 17.1 Å². The summed E-state index contributed by atoms with van der Waals surface area (Å²) in [6, 6.07) is 24.2. The lowest BCUT2D eigenvalue weighted by Gasteiger charge is -2.17. The van der Waals surface area contributed by atoms with Crippen molar-refractivity contribution in [3.63, 3.8) is 0 Å². The second-order valence-corrected chi connectivity index (χ2v) is 8.44. The second kappa shape index (κ2) is 8.87. The number of para-hydroxylation sites is 1. The maximum absolute atomic E-state index is 13.1. The van der Waals surface area contributed by atoms with Crippen molar-refractivity contribution in [1.29, 1.82) is 0 Å². The molecule has 3 aromatic carbocycles. The second-order valence-electron chi connectivity index (χ2n) is 7.50. The zero-order chi connectivity index (χ0) is 22.8. The molecule has 33 heavy (non-hydrogen) atoms. The zero-order valence-corrected chi connectivity index (χ0v) is 18.3. The number of aromatic nitrogens is 3. The molecule has 1 aliphatic rings. The number of amides is 1. The van der Waals surface area contributed by atoms with E-state index >= 15 is 0 Å². The van der Waals surface area contributed by atoms with Crippen LogP contribution in [-0.2, 0) is 11.2 Å². The van der Waals surface area contributed by atoms with E-state index < -0.39 is 4.92 Å². The summed E-state index contributed by atoms with van der Waals surface area (Å²) in [6.45, 7) is 0.510. The van der Waals surface area contributed by atoms with Crippen molar-refractivity contribution in [1.82, 2.24) is 14.8 Å². The van der Waals surface area contributed by atoms with Gasteiger partial charge in [0.15, 0.2) is 11.0 Å². The Morgan fingerprint density at radius 3 is 2.45 bits per heavy atom. The minimum atomic E-state index is -0.441. The summed E-state index contributed by atoms with van der Waals surface area (Å²) in [5, 5.41) is 20.5. The van der Waals surface area contributed by atoms with Crippen LogP contribution in [0, 0.1) is 10.1 Å². The first-order chi connectivity index (χ1) is 16.1. The Balaban J connectivity index is 1.41. The Morgan fingerprint density at radius 2 is 1.73 bits per heavy atom. The third kappa shape index (κ3) is 4.10. The molecule has 0 saturated carbocycles. The molecule has 9 heteroatoms. The first-order valence-corrected chi connectivity index (χ1v) is 11.4. The highest BCUT2D eigenvalue weighted by atomic mass is 32.2. The van der Waals surface area contributed by atoms with Gasteiger partial charge in [0, 0.05) is 29.9 Å². The Kier molecular flexibility index (Phi) is 5.62. The molecule has 1 amide bonds. The average Bonchev–Trinajstić information content (AvgIpc) is 3.47. The molecule has 0 bridgehead atoms. The quantitative estimate of drug-likeness (QED) is 0.240. The number of anilines is 1. The largest absolute Gasteiger partial charge is 0.311 e. The summed E-state index contributed by atoms with van der Waals surface area (Å²) in [4.78, 5) is 25.4. The molecule has 0 spiro atoms. The van der Waals surface area contributed by atoms with Gasteiger partial charge in [0.1, 0.15) is 0 Å². The number of rotatable bonds is 6. The van der Waals surface area contributed by atoms with E-state index in [1.807, 2.05) is 65.2 Å². The van der Waals surface area contributed by atoms with E-state index in [0.717, 1.165) is 16.8 Å². The first kappa shape index (κ1) is 20.9. The fourth-order valence-electron chi connectivity index (χ4n) is 3.89. The first-order valence-electron chi connectivity index (χ1n) is 10.4. The van der Waals surface area contributed by atoms with Crippen molar-refractivity contribution in [2.45, 2.75) is 11.6 Å². The lowest BCUT2D eigenvalue weighted by Crippen LogP contribution is -2.30. The van der Waals surface area contributed by atoms with Crippen LogP contribution in [0.15, 0.2) is 84.0 Å². The predicted octanol–water partition coefficient (Wildman–Crippen LogP) is 4.52. The van der Waals surface area contributed by atoms with Crippen LogP contribution in [0.3, 0.4) is 0 Å². The molecule has 2 heterocycles. The van der Waals surface area contributed by atoms with Gasteiger partial charge in [-0.25, -0.2) is 0 Å². The van der Waals surface area contributed by atoms with Crippen LogP contribution in [0.2, 0.25) is 0 Å². The van der Waals surface area contributed by atoms with E-state index in [1.165, 1.54) is 23.9 Å². The van der Waals surface area contributed by atoms with Crippen LogP contribution in [-0.4, -0.2) is 37.9 Å². The maximum atomic E-state index is 13.1. The van der Waals surface area contributed by atoms with Crippen LogP contribution in [0.5, 0.6) is 0 Å². The van der Waals surface area contributed by atoms with Gasteiger partial charge in [-0.15, -0.1) is 10.2 Å². The number of thioether (sulfide) groups is 1. The highest BCUT2D eigenvalue weighted by molar-refractivity contribution is 7.99. The van der Waals surface area contributed by atoms with Gasteiger partial charge in [-0.2, -0.15) is 0 Å². The molecule has 0 atom stereocenters. The molecule has 1 aliphatic heterocycles. The van der Waals surface area contributed by atoms with Gasteiger partial charge in [-0.3, -0.25) is 19.5 Å². The summed E-state index contributed by atoms with van der Waals surface area (Å²) in [5.41, 5.74) is 3.37. The summed E-state index contributed by atoms with van der Waals surface area (Å²) in [7, 11) is 0. The molecular weight excluding hydrogens is 438 g/mol. The van der Waals surface area contributed by atoms with Crippen molar-refractivity contribution < 1.29 is 9.72 Å². The van der Waals surface area contributed by atoms with Gasteiger partial charge in [0.25, 0.3) is 5.69 Å². The normalized spacial score (nSPS) is 12.5. The van der Waals surface area contributed by atoms with Gasteiger partial charge < -0.3 is 4.90 Å². The number of fused-ring (bicyclic) bond motifs is 1. The SMILES string of the molecule is O=C(CSc1nnc(-c2ccccc2)n1-c1ccccc1)N1CCc2ccc([N+](=O)[O-])cc21. The summed E-state index contributed by atoms with van der Waals surface area (Å²) in [5.74, 6) is 0.712. The fraction of sp³-hybridized carbons (Fsp3) is 0.125. The Bertz CT molecular complexity index is 1320. The number of carbonyl (C=O) groups excluding carboxylic acids is 1. The highest BCUT2D eigenvalue weighted by Gasteiger charge is 2.27. The number of carbonyl (C=O) groups is 1. The standard InChI is InChI=1S/C24H19N5O3S/c30-22(27-14-13-17-11-12-20(29(31)32)15-21(17)27)16-33-24-26-25-23(18-7-3-1-4-8-18)28(24)19-9-5-2-6-10-19/h1-12,15H,13-14,16H2. The van der Waals surface area contributed by atoms with E-state index in [1.54, 1.807) is 11.0 Å². The summed E-state index contributed by atoms with van der Waals surface area (Å²) < 4.78 is 1.94. The van der Waals surface area contributed by atoms with Gasteiger partial charge in [-0.1, -0.05) is 66.4 Å². The van der Waals surface area contributed by atoms with Gasteiger partial charge in [0.05, 0.1) is 16.4 Å². The molecule has 0 N–H and O–H groups in total. The van der Waals surface area contributed by atoms with Crippen LogP contribution >= 0.6 is 11.8 Å². The molecule has 0 aliphatic carbocycles. The maximum Gasteiger partial charge on any atom is 0.271 e. The Hall–Kier alpha value is -3.98. The number of nitro groups is 1. The summed E-state index contributed by atoms with van der Waals surface area (Å²) in [6.07, 6.45) is 0.683. The number of hydrogen-bond acceptors (Lipinski definition) is 6. The van der Waals surface area contributed by atoms with E-state index in [-0.39, 0.29) is 17.3 Å². The topological polar surface area (TPSA) is 94.2 Å². The molecule has 1 aromatic heterocycles. The predicted molar refractivity (Wildman–Crippen MR) is 127 cm³/mol. The molecule has 0 saturated heterocycles. The minimum absolute atomic E-state index is 0.0163. The molecule has 4 aromatic rings. The number of hydrogen-bond donors (Lipinski definition) is 0. The van der Waals surface area contributed by atoms with Gasteiger partial charge in [-0.05, 0) is 24.1 Å². The van der Waals surface area contributed by atoms with Crippen LogP contribution in [0.1, 0.15) is 5.56 Å². The van der Waals surface area contributed by atoms with Crippen molar-refractivity contribution in [3.05, 3.63) is 94.5 Å². The number of non-ortho nitro benzene ring substituents is 1. The lowest BCUT2D eigenvalue weighted by atomic mass is 10.1. The zero-order valence-electron chi connectivity index (χ0n) is 17.5. The molecule has 0 unspecified atom stereocenters. The monoisotopic (exact) mass is 457 g/mol. The Morgan fingerprint density at radius 1 is 1.00 bits per heavy atom. The van der Waals surface area contributed by atoms with Crippen molar-refractivity contribution in [2.24, 2.45) is 0 Å². The smallest absolute Gasteiger partial charge is 0.271 e. The van der Waals surface area contributed by atoms with Gasteiger partial charge >= 0.3 is 0 Å². The number of nitrogens with zero attached hydrogens (tertiary/aromatic N) is 5. The van der Waals surface area contributed by atoms with E-state index in [0.29, 0.717) is 29.6 Å². The highest BCUT2D eigenvalue weighted by Crippen LogP contribution is 2.33. The van der Waals surface area contributed by atoms with E-state index in [4.69, 9.17) is 0 Å². The molecule has 164 valence electrons. The molecule has 0 radical (unpaired) electrons. The summed E-state index contributed by atoms with van der Waals surface area (Å²) >= 11 is 1.30. The molecular formula is C24H19N5O3S. The van der Waals surface area contributed by atoms with Crippen LogP contribution < -0.4 is 4.90 Å². The van der Waals surface area contributed by atoms with Crippen molar-refractivity contribution in [2.75, 3.05) is 17.2 Å². The lowest BCUT2D eigenvalue weighted by molar-refractivity contribution is -0.384. The molecule has 5 rings (SSSR count). The van der Waals surface area contributed by atoms with E-state index in [2.05, 4.69) is 10.2 Å². The third-order valence-corrected chi connectivity index (χ3v) is 6.39. The van der Waals surface area contributed by atoms with Crippen molar-refractivity contribution >= 4 is 29.0 Å². The van der Waals surface area contributed by atoms with E-state index in [9.17, 15) is 14.9 Å². The molecule has 8 nitrogen and oxygen atoms in total. The third-order valence-electron chi connectivity index (χ3n) is 5.48. The average molecular weight is 458 g/mol. The van der Waals surface area contributed by atoms with Crippen LogP contribution in [0.25, 0.3) is 17.1 Å². The fourth-order valence-corrected chi connectivity index (χ4v) is 4.72. The number of nitro benzene ring substituents is 1. The Labute approximate surface area is 194 Å². The number of benzene rings is 3. The minimum Gasteiger partial charge on any atom is -0.311 e. The van der Waals surface area contributed by atoms with Crippen LogP contribution in [0.4, 0.5) is 11.4 Å². The molecule has 0 fully saturated rings. The van der Waals surface area contributed by atoms with Gasteiger partial charge in [0.2, 0.25) is 5.91 Å².